The lowest BCUT2D eigenvalue weighted by Crippen LogP contribution is -2.12. The topological polar surface area (TPSA) is 56.7 Å². The Morgan fingerprint density at radius 1 is 1.06 bits per heavy atom. The van der Waals surface area contributed by atoms with E-state index in [0.29, 0.717) is 25.1 Å². The average Bonchev–Trinajstić information content (AvgIpc) is 3.48. The molecule has 4 aromatic rings. The van der Waals surface area contributed by atoms with Crippen LogP contribution in [0.3, 0.4) is 0 Å². The first-order valence-corrected chi connectivity index (χ1v) is 11.6. The SMILES string of the molecule is Cc1ccc(ON=Cc2cc(C(=O)CCc3ccco3)c(C(C)C)n2Cc2ccccc2)cc1. The van der Waals surface area contributed by atoms with Gasteiger partial charge in [-0.1, -0.05) is 67.0 Å². The molecular formula is C29H30N2O3. The van der Waals surface area contributed by atoms with Gasteiger partial charge in [-0.05, 0) is 48.7 Å². The van der Waals surface area contributed by atoms with Gasteiger partial charge in [-0.25, -0.2) is 0 Å². The number of furan rings is 1. The van der Waals surface area contributed by atoms with E-state index in [9.17, 15) is 4.79 Å². The molecule has 0 aliphatic carbocycles. The van der Waals surface area contributed by atoms with Crippen LogP contribution in [0.5, 0.6) is 5.75 Å². The molecule has 2 aromatic heterocycles. The van der Waals surface area contributed by atoms with Crippen molar-refractivity contribution in [3.8, 4) is 5.75 Å². The molecule has 5 nitrogen and oxygen atoms in total. The molecule has 0 saturated carbocycles. The third-order valence-electron chi connectivity index (χ3n) is 5.74. The van der Waals surface area contributed by atoms with Crippen LogP contribution in [0.2, 0.25) is 0 Å². The lowest BCUT2D eigenvalue weighted by atomic mass is 9.99. The third-order valence-corrected chi connectivity index (χ3v) is 5.74. The van der Waals surface area contributed by atoms with Gasteiger partial charge in [0.1, 0.15) is 5.76 Å². The first-order valence-electron chi connectivity index (χ1n) is 11.6. The molecule has 174 valence electrons. The van der Waals surface area contributed by atoms with Gasteiger partial charge in [0.15, 0.2) is 11.5 Å². The maximum absolute atomic E-state index is 13.3. The van der Waals surface area contributed by atoms with E-state index in [-0.39, 0.29) is 11.7 Å². The van der Waals surface area contributed by atoms with Crippen LogP contribution in [0.1, 0.15) is 64.8 Å². The van der Waals surface area contributed by atoms with Crippen molar-refractivity contribution >= 4 is 12.0 Å². The zero-order valence-corrected chi connectivity index (χ0v) is 19.9. The quantitative estimate of drug-likeness (QED) is 0.151. The minimum Gasteiger partial charge on any atom is -0.469 e. The number of oxime groups is 1. The van der Waals surface area contributed by atoms with Crippen molar-refractivity contribution in [3.63, 3.8) is 0 Å². The largest absolute Gasteiger partial charge is 0.469 e. The van der Waals surface area contributed by atoms with Crippen molar-refractivity contribution in [1.82, 2.24) is 4.57 Å². The molecule has 0 atom stereocenters. The van der Waals surface area contributed by atoms with Crippen molar-refractivity contribution in [2.45, 2.75) is 46.1 Å². The number of rotatable bonds is 10. The molecule has 4 rings (SSSR count). The number of hydrogen-bond acceptors (Lipinski definition) is 4. The Bertz CT molecular complexity index is 1230. The van der Waals surface area contributed by atoms with Crippen LogP contribution in [0.25, 0.3) is 0 Å². The van der Waals surface area contributed by atoms with Gasteiger partial charge in [0, 0.05) is 30.6 Å². The zero-order valence-electron chi connectivity index (χ0n) is 19.9. The Hall–Kier alpha value is -3.86. The van der Waals surface area contributed by atoms with Gasteiger partial charge >= 0.3 is 0 Å². The average molecular weight is 455 g/mol. The van der Waals surface area contributed by atoms with Gasteiger partial charge in [-0.15, -0.1) is 0 Å². The Labute approximate surface area is 200 Å². The van der Waals surface area contributed by atoms with E-state index in [1.807, 2.05) is 67.6 Å². The molecule has 0 saturated heterocycles. The van der Waals surface area contributed by atoms with E-state index in [4.69, 9.17) is 9.25 Å². The first kappa shape index (κ1) is 23.3. The van der Waals surface area contributed by atoms with E-state index >= 15 is 0 Å². The van der Waals surface area contributed by atoms with Crippen molar-refractivity contribution in [2.75, 3.05) is 0 Å². The number of aryl methyl sites for hydroxylation is 2. The van der Waals surface area contributed by atoms with Gasteiger partial charge < -0.3 is 13.8 Å². The van der Waals surface area contributed by atoms with Gasteiger partial charge in [0.25, 0.3) is 0 Å². The summed E-state index contributed by atoms with van der Waals surface area (Å²) >= 11 is 0. The number of benzene rings is 2. The van der Waals surface area contributed by atoms with Crippen molar-refractivity contribution in [2.24, 2.45) is 5.16 Å². The maximum Gasteiger partial charge on any atom is 0.165 e. The zero-order chi connectivity index (χ0) is 23.9. The van der Waals surface area contributed by atoms with E-state index < -0.39 is 0 Å². The highest BCUT2D eigenvalue weighted by molar-refractivity contribution is 5.99. The predicted octanol–water partition coefficient (Wildman–Crippen LogP) is 6.79. The highest BCUT2D eigenvalue weighted by atomic mass is 16.6. The molecule has 34 heavy (non-hydrogen) atoms. The summed E-state index contributed by atoms with van der Waals surface area (Å²) in [5.41, 5.74) is 4.89. The Kier molecular flexibility index (Phi) is 7.43. The lowest BCUT2D eigenvalue weighted by molar-refractivity contribution is 0.0979. The van der Waals surface area contributed by atoms with Crippen LogP contribution >= 0.6 is 0 Å². The Morgan fingerprint density at radius 2 is 1.82 bits per heavy atom. The Balaban J connectivity index is 1.65. The normalized spacial score (nSPS) is 11.4. The van der Waals surface area contributed by atoms with E-state index in [1.165, 1.54) is 0 Å². The fraction of sp³-hybridized carbons (Fsp3) is 0.241. The van der Waals surface area contributed by atoms with Gasteiger partial charge in [0.05, 0.1) is 18.2 Å². The van der Waals surface area contributed by atoms with Crippen LogP contribution in [0.4, 0.5) is 0 Å². The summed E-state index contributed by atoms with van der Waals surface area (Å²) in [7, 11) is 0. The number of Topliss-reactive ketones (excluding diaryl/α,β-unsaturated/α-hetero) is 1. The van der Waals surface area contributed by atoms with Crippen molar-refractivity contribution in [3.05, 3.63) is 113 Å². The molecule has 2 heterocycles. The predicted molar refractivity (Wildman–Crippen MR) is 135 cm³/mol. The number of hydrogen-bond donors (Lipinski definition) is 0. The van der Waals surface area contributed by atoms with Gasteiger partial charge in [0.2, 0.25) is 0 Å². The fourth-order valence-electron chi connectivity index (χ4n) is 4.05. The molecule has 2 aromatic carbocycles. The summed E-state index contributed by atoms with van der Waals surface area (Å²) in [6.45, 7) is 6.90. The molecule has 0 unspecified atom stereocenters. The molecule has 0 bridgehead atoms. The third kappa shape index (κ3) is 5.73. The summed E-state index contributed by atoms with van der Waals surface area (Å²) < 4.78 is 7.58. The van der Waals surface area contributed by atoms with Crippen LogP contribution in [-0.2, 0) is 13.0 Å². The first-order chi connectivity index (χ1) is 16.5. The molecule has 5 heteroatoms. The second kappa shape index (κ2) is 10.8. The maximum atomic E-state index is 13.3. The second-order valence-corrected chi connectivity index (χ2v) is 8.74. The summed E-state index contributed by atoms with van der Waals surface area (Å²) in [5.74, 6) is 1.74. The number of carbonyl (C=O) groups is 1. The van der Waals surface area contributed by atoms with E-state index in [1.54, 1.807) is 12.5 Å². The highest BCUT2D eigenvalue weighted by Crippen LogP contribution is 2.27. The van der Waals surface area contributed by atoms with Crippen LogP contribution < -0.4 is 4.84 Å². The van der Waals surface area contributed by atoms with Crippen LogP contribution in [0, 0.1) is 6.92 Å². The molecule has 0 aliphatic rings. The molecular weight excluding hydrogens is 424 g/mol. The van der Waals surface area contributed by atoms with Crippen molar-refractivity contribution in [1.29, 1.82) is 0 Å². The fourth-order valence-corrected chi connectivity index (χ4v) is 4.05. The van der Waals surface area contributed by atoms with E-state index in [2.05, 4.69) is 35.7 Å². The highest BCUT2D eigenvalue weighted by Gasteiger charge is 2.22. The monoisotopic (exact) mass is 454 g/mol. The van der Waals surface area contributed by atoms with Crippen LogP contribution in [0.15, 0.2) is 88.6 Å². The second-order valence-electron chi connectivity index (χ2n) is 8.74. The molecule has 0 radical (unpaired) electrons. The smallest absolute Gasteiger partial charge is 0.165 e. The summed E-state index contributed by atoms with van der Waals surface area (Å²) in [6.07, 6.45) is 4.29. The van der Waals surface area contributed by atoms with Crippen LogP contribution in [-0.4, -0.2) is 16.6 Å². The van der Waals surface area contributed by atoms with E-state index in [0.717, 1.165) is 33.8 Å². The summed E-state index contributed by atoms with van der Waals surface area (Å²) in [5, 5.41) is 4.23. The van der Waals surface area contributed by atoms with Crippen molar-refractivity contribution < 1.29 is 14.0 Å². The molecule has 0 N–H and O–H groups in total. The summed E-state index contributed by atoms with van der Waals surface area (Å²) in [4.78, 5) is 18.9. The minimum atomic E-state index is 0.0982. The lowest BCUT2D eigenvalue weighted by Gasteiger charge is -2.16. The number of aromatic nitrogens is 1. The molecule has 0 fully saturated rings. The number of carbonyl (C=O) groups excluding carboxylic acids is 1. The molecule has 0 spiro atoms. The molecule has 0 amide bonds. The standard InChI is InChI=1S/C29H30N2O3/c1-21(2)29-27(28(32)16-15-25-10-7-17-33-25)18-24(31(29)20-23-8-5-4-6-9-23)19-30-34-26-13-11-22(3)12-14-26/h4-14,17-19,21H,15-16,20H2,1-3H3. The number of ketones is 1. The summed E-state index contributed by atoms with van der Waals surface area (Å²) in [6, 6.07) is 23.7. The molecule has 0 aliphatic heterocycles. The Morgan fingerprint density at radius 3 is 2.50 bits per heavy atom. The minimum absolute atomic E-state index is 0.0982. The van der Waals surface area contributed by atoms with Gasteiger partial charge in [-0.2, -0.15) is 0 Å². The van der Waals surface area contributed by atoms with Gasteiger partial charge in [-0.3, -0.25) is 4.79 Å². The number of nitrogens with zero attached hydrogens (tertiary/aromatic N) is 2.